The van der Waals surface area contributed by atoms with Crippen LogP contribution in [-0.4, -0.2) is 22.1 Å². The van der Waals surface area contributed by atoms with E-state index < -0.39 is 5.69 Å². The molecular weight excluding hydrogens is 294 g/mol. The van der Waals surface area contributed by atoms with Gasteiger partial charge in [0.1, 0.15) is 5.75 Å². The average Bonchev–Trinajstić information content (AvgIpc) is 2.87. The third-order valence-electron chi connectivity index (χ3n) is 3.50. The molecule has 0 aliphatic heterocycles. The zero-order chi connectivity index (χ0) is 16.2. The van der Waals surface area contributed by atoms with Crippen LogP contribution in [0.15, 0.2) is 53.3 Å². The molecule has 0 fully saturated rings. The number of benzene rings is 2. The monoisotopic (exact) mass is 311 g/mol. The largest absolute Gasteiger partial charge is 0.494 e. The van der Waals surface area contributed by atoms with Crippen molar-refractivity contribution in [3.8, 4) is 5.75 Å². The molecular formula is C17H17N3O3. The Kier molecular flexibility index (Phi) is 4.14. The highest BCUT2D eigenvalue weighted by atomic mass is 16.5. The van der Waals surface area contributed by atoms with Crippen molar-refractivity contribution in [2.75, 3.05) is 12.3 Å². The number of para-hydroxylation sites is 1. The number of carbonyl (C=O) groups is 1. The molecule has 0 saturated carbocycles. The van der Waals surface area contributed by atoms with Crippen LogP contribution in [-0.2, 0) is 0 Å². The van der Waals surface area contributed by atoms with Gasteiger partial charge in [-0.1, -0.05) is 18.2 Å². The van der Waals surface area contributed by atoms with Gasteiger partial charge in [0.2, 0.25) is 5.91 Å². The Morgan fingerprint density at radius 1 is 1.17 bits per heavy atom. The maximum atomic E-state index is 12.3. The molecule has 2 aromatic carbocycles. The van der Waals surface area contributed by atoms with Crippen LogP contribution < -0.4 is 16.2 Å². The van der Waals surface area contributed by atoms with E-state index in [0.717, 1.165) is 10.3 Å². The van der Waals surface area contributed by atoms with Crippen molar-refractivity contribution in [1.29, 1.82) is 0 Å². The zero-order valence-electron chi connectivity index (χ0n) is 12.5. The topological polar surface area (TPSA) is 90.1 Å². The standard InChI is InChI=1S/C17H17N3O3/c18-12-8-9-14-15(11-12)20(17(22)19-14)16(21)7-4-10-23-13-5-2-1-3-6-13/h1-3,5-6,8-9,11H,4,7,10,18H2,(H,19,22). The van der Waals surface area contributed by atoms with Gasteiger partial charge in [0, 0.05) is 12.1 Å². The Labute approximate surface area is 132 Å². The molecule has 0 radical (unpaired) electrons. The number of hydrogen-bond donors (Lipinski definition) is 2. The number of carbonyl (C=O) groups excluding carboxylic acids is 1. The van der Waals surface area contributed by atoms with Crippen LogP contribution in [0.2, 0.25) is 0 Å². The van der Waals surface area contributed by atoms with Crippen LogP contribution in [0.4, 0.5) is 5.69 Å². The normalized spacial score (nSPS) is 10.8. The van der Waals surface area contributed by atoms with Gasteiger partial charge in [-0.2, -0.15) is 0 Å². The number of aromatic nitrogens is 2. The lowest BCUT2D eigenvalue weighted by Crippen LogP contribution is -2.24. The van der Waals surface area contributed by atoms with Crippen LogP contribution in [0.25, 0.3) is 11.0 Å². The van der Waals surface area contributed by atoms with E-state index in [1.165, 1.54) is 0 Å². The first-order chi connectivity index (χ1) is 11.1. The molecule has 0 saturated heterocycles. The lowest BCUT2D eigenvalue weighted by molar-refractivity contribution is 0.0894. The summed E-state index contributed by atoms with van der Waals surface area (Å²) >= 11 is 0. The molecule has 0 amide bonds. The lowest BCUT2D eigenvalue weighted by atomic mass is 10.2. The number of nitrogens with one attached hydrogen (secondary N) is 1. The second kappa shape index (κ2) is 6.39. The SMILES string of the molecule is Nc1ccc2[nH]c(=O)n(C(=O)CCCOc3ccccc3)c2c1. The van der Waals surface area contributed by atoms with E-state index in [1.54, 1.807) is 18.2 Å². The van der Waals surface area contributed by atoms with Crippen LogP contribution in [0, 0.1) is 0 Å². The predicted octanol–water partition coefficient (Wildman–Crippen LogP) is 2.41. The number of nitrogens with zero attached hydrogens (tertiary/aromatic N) is 1. The smallest absolute Gasteiger partial charge is 0.333 e. The average molecular weight is 311 g/mol. The van der Waals surface area contributed by atoms with Crippen molar-refractivity contribution in [2.45, 2.75) is 12.8 Å². The maximum absolute atomic E-state index is 12.3. The molecule has 3 N–H and O–H groups in total. The van der Waals surface area contributed by atoms with Gasteiger partial charge in [-0.3, -0.25) is 4.79 Å². The quantitative estimate of drug-likeness (QED) is 0.559. The van der Waals surface area contributed by atoms with Crippen molar-refractivity contribution < 1.29 is 9.53 Å². The Morgan fingerprint density at radius 3 is 2.74 bits per heavy atom. The first kappa shape index (κ1) is 14.9. The van der Waals surface area contributed by atoms with Gasteiger partial charge in [0.25, 0.3) is 0 Å². The zero-order valence-corrected chi connectivity index (χ0v) is 12.5. The summed E-state index contributed by atoms with van der Waals surface area (Å²) in [7, 11) is 0. The number of rotatable bonds is 5. The van der Waals surface area contributed by atoms with Gasteiger partial charge in [-0.05, 0) is 36.8 Å². The number of hydrogen-bond acceptors (Lipinski definition) is 4. The van der Waals surface area contributed by atoms with Gasteiger partial charge in [0.05, 0.1) is 17.6 Å². The molecule has 0 atom stereocenters. The van der Waals surface area contributed by atoms with Gasteiger partial charge in [-0.15, -0.1) is 0 Å². The summed E-state index contributed by atoms with van der Waals surface area (Å²) in [5.74, 6) is 0.487. The fourth-order valence-electron chi connectivity index (χ4n) is 2.41. The summed E-state index contributed by atoms with van der Waals surface area (Å²) in [4.78, 5) is 26.9. The molecule has 0 unspecified atom stereocenters. The molecule has 3 rings (SSSR count). The number of aromatic amines is 1. The number of imidazole rings is 1. The number of nitrogen functional groups attached to an aromatic ring is 1. The van der Waals surface area contributed by atoms with Gasteiger partial charge < -0.3 is 15.5 Å². The molecule has 6 nitrogen and oxygen atoms in total. The van der Waals surface area contributed by atoms with Crippen molar-refractivity contribution >= 4 is 22.6 Å². The lowest BCUT2D eigenvalue weighted by Gasteiger charge is -2.06. The Hall–Kier alpha value is -3.02. The van der Waals surface area contributed by atoms with Crippen LogP contribution >= 0.6 is 0 Å². The van der Waals surface area contributed by atoms with Crippen molar-refractivity contribution in [3.63, 3.8) is 0 Å². The van der Waals surface area contributed by atoms with E-state index in [4.69, 9.17) is 10.5 Å². The maximum Gasteiger partial charge on any atom is 0.333 e. The predicted molar refractivity (Wildman–Crippen MR) is 88.8 cm³/mol. The van der Waals surface area contributed by atoms with Crippen LogP contribution in [0.5, 0.6) is 5.75 Å². The second-order valence-corrected chi connectivity index (χ2v) is 5.20. The summed E-state index contributed by atoms with van der Waals surface area (Å²) in [5, 5.41) is 0. The van der Waals surface area contributed by atoms with Gasteiger partial charge in [0.15, 0.2) is 0 Å². The number of ether oxygens (including phenoxy) is 1. The van der Waals surface area contributed by atoms with E-state index in [1.807, 2.05) is 30.3 Å². The molecule has 0 aliphatic rings. The summed E-state index contributed by atoms with van der Waals surface area (Å²) in [6.45, 7) is 0.412. The second-order valence-electron chi connectivity index (χ2n) is 5.20. The third kappa shape index (κ3) is 3.26. The van der Waals surface area contributed by atoms with E-state index in [-0.39, 0.29) is 12.3 Å². The van der Waals surface area contributed by atoms with Crippen LogP contribution in [0.3, 0.4) is 0 Å². The summed E-state index contributed by atoms with van der Waals surface area (Å²) in [6.07, 6.45) is 0.740. The number of nitrogens with two attached hydrogens (primary N) is 1. The molecule has 23 heavy (non-hydrogen) atoms. The Bertz CT molecular complexity index is 881. The Morgan fingerprint density at radius 2 is 1.96 bits per heavy atom. The van der Waals surface area contributed by atoms with Gasteiger partial charge in [-0.25, -0.2) is 9.36 Å². The molecule has 0 spiro atoms. The molecule has 3 aromatic rings. The van der Waals surface area contributed by atoms with E-state index >= 15 is 0 Å². The highest BCUT2D eigenvalue weighted by molar-refractivity contribution is 5.91. The van der Waals surface area contributed by atoms with E-state index in [9.17, 15) is 9.59 Å². The summed E-state index contributed by atoms with van der Waals surface area (Å²) < 4.78 is 6.68. The van der Waals surface area contributed by atoms with Crippen molar-refractivity contribution in [2.24, 2.45) is 0 Å². The number of fused-ring (bicyclic) bond motifs is 1. The molecule has 1 heterocycles. The van der Waals surface area contributed by atoms with Crippen molar-refractivity contribution in [1.82, 2.24) is 9.55 Å². The molecule has 6 heteroatoms. The number of H-pyrrole nitrogens is 1. The summed E-state index contributed by atoms with van der Waals surface area (Å²) in [6, 6.07) is 14.4. The highest BCUT2D eigenvalue weighted by Crippen LogP contribution is 2.15. The summed E-state index contributed by atoms with van der Waals surface area (Å²) in [5.41, 5.74) is 6.89. The minimum atomic E-state index is -0.445. The minimum absolute atomic E-state index is 0.217. The first-order valence-corrected chi connectivity index (χ1v) is 7.36. The molecule has 0 aliphatic carbocycles. The van der Waals surface area contributed by atoms with Crippen molar-refractivity contribution in [3.05, 3.63) is 59.0 Å². The van der Waals surface area contributed by atoms with E-state index in [2.05, 4.69) is 4.98 Å². The minimum Gasteiger partial charge on any atom is -0.494 e. The molecule has 0 bridgehead atoms. The molecule has 1 aromatic heterocycles. The third-order valence-corrected chi connectivity index (χ3v) is 3.50. The van der Waals surface area contributed by atoms with Gasteiger partial charge >= 0.3 is 5.69 Å². The van der Waals surface area contributed by atoms with E-state index in [0.29, 0.717) is 29.7 Å². The Balaban J connectivity index is 1.66. The molecule has 118 valence electrons. The van der Waals surface area contributed by atoms with Crippen LogP contribution in [0.1, 0.15) is 17.6 Å². The highest BCUT2D eigenvalue weighted by Gasteiger charge is 2.13. The fourth-order valence-corrected chi connectivity index (χ4v) is 2.41. The number of anilines is 1. The first-order valence-electron chi connectivity index (χ1n) is 7.36. The fraction of sp³-hybridized carbons (Fsp3) is 0.176.